The highest BCUT2D eigenvalue weighted by molar-refractivity contribution is 6.04. The van der Waals surface area contributed by atoms with Gasteiger partial charge in [-0.2, -0.15) is 10.2 Å². The molecule has 0 atom stereocenters. The summed E-state index contributed by atoms with van der Waals surface area (Å²) >= 11 is 0. The van der Waals surface area contributed by atoms with Crippen LogP contribution in [0.2, 0.25) is 0 Å². The lowest BCUT2D eigenvalue weighted by Gasteiger charge is -2.36. The van der Waals surface area contributed by atoms with Gasteiger partial charge in [-0.3, -0.25) is 19.6 Å². The van der Waals surface area contributed by atoms with Crippen molar-refractivity contribution in [1.29, 1.82) is 0 Å². The molecule has 0 unspecified atom stereocenters. The second kappa shape index (κ2) is 8.43. The van der Waals surface area contributed by atoms with Crippen LogP contribution in [0.5, 0.6) is 0 Å². The van der Waals surface area contributed by atoms with Crippen molar-refractivity contribution < 1.29 is 13.9 Å². The lowest BCUT2D eigenvalue weighted by Crippen LogP contribution is -2.35. The molecule has 5 rings (SSSR count). The van der Waals surface area contributed by atoms with Crippen LogP contribution in [0.4, 0.5) is 5.69 Å². The molecule has 0 saturated heterocycles. The van der Waals surface area contributed by atoms with E-state index in [2.05, 4.69) is 20.5 Å². The predicted molar refractivity (Wildman–Crippen MR) is 118 cm³/mol. The molecule has 1 fully saturated rings. The van der Waals surface area contributed by atoms with Crippen LogP contribution >= 0.6 is 0 Å². The highest BCUT2D eigenvalue weighted by atomic mass is 16.5. The van der Waals surface area contributed by atoms with E-state index < -0.39 is 0 Å². The largest absolute Gasteiger partial charge is 0.451 e. The minimum absolute atomic E-state index is 0.204. The van der Waals surface area contributed by atoms with E-state index >= 15 is 0 Å². The van der Waals surface area contributed by atoms with Gasteiger partial charge in [0.15, 0.2) is 5.76 Å². The van der Waals surface area contributed by atoms with E-state index in [0.29, 0.717) is 22.8 Å². The summed E-state index contributed by atoms with van der Waals surface area (Å²) in [6, 6.07) is 9.22. The normalized spacial score (nSPS) is 18.0. The molecule has 4 heterocycles. The fourth-order valence-electron chi connectivity index (χ4n) is 3.80. The Hall–Kier alpha value is -3.72. The van der Waals surface area contributed by atoms with Crippen LogP contribution in [0.3, 0.4) is 0 Å². The highest BCUT2D eigenvalue weighted by Gasteiger charge is 2.33. The molecule has 4 aromatic rings. The standard InChI is InChI=1S/C23H24N6O3/c1-14(2)31-17-9-16(10-17)29-13-19(22(28-29)18-5-3-4-8-24-18)27-23(30)21-7-6-20(32-21)15-11-25-26-12-15/h3-8,11-14,16-17H,9-10H2,1-2H3,(H,25,26)(H,27,30)/t16-,17+. The van der Waals surface area contributed by atoms with Gasteiger partial charge in [0, 0.05) is 18.6 Å². The Balaban J connectivity index is 1.38. The second-order valence-corrected chi connectivity index (χ2v) is 8.12. The maximum Gasteiger partial charge on any atom is 0.291 e. The summed E-state index contributed by atoms with van der Waals surface area (Å²) in [5.74, 6) is 0.413. The van der Waals surface area contributed by atoms with Gasteiger partial charge in [-0.15, -0.1) is 0 Å². The molecular weight excluding hydrogens is 408 g/mol. The Labute approximate surface area is 184 Å². The number of furan rings is 1. The molecule has 1 aliphatic rings. The van der Waals surface area contributed by atoms with E-state index in [9.17, 15) is 4.79 Å². The van der Waals surface area contributed by atoms with Crippen LogP contribution in [-0.4, -0.2) is 43.1 Å². The summed E-state index contributed by atoms with van der Waals surface area (Å²) in [4.78, 5) is 17.3. The third kappa shape index (κ3) is 4.06. The molecule has 0 bridgehead atoms. The number of nitrogens with one attached hydrogen (secondary N) is 2. The van der Waals surface area contributed by atoms with Crippen molar-refractivity contribution in [2.75, 3.05) is 5.32 Å². The number of amides is 1. The highest BCUT2D eigenvalue weighted by Crippen LogP contribution is 2.37. The Morgan fingerprint density at radius 3 is 2.88 bits per heavy atom. The van der Waals surface area contributed by atoms with Gasteiger partial charge in [-0.1, -0.05) is 6.07 Å². The third-order valence-corrected chi connectivity index (χ3v) is 5.41. The first-order valence-corrected chi connectivity index (χ1v) is 10.6. The fraction of sp³-hybridized carbons (Fsp3) is 0.304. The van der Waals surface area contributed by atoms with Crippen LogP contribution in [0.15, 0.2) is 59.5 Å². The Bertz CT molecular complexity index is 1190. The van der Waals surface area contributed by atoms with Gasteiger partial charge >= 0.3 is 0 Å². The van der Waals surface area contributed by atoms with Crippen LogP contribution < -0.4 is 5.32 Å². The molecule has 1 aliphatic carbocycles. The zero-order valence-electron chi connectivity index (χ0n) is 17.9. The van der Waals surface area contributed by atoms with Crippen LogP contribution in [0.1, 0.15) is 43.3 Å². The van der Waals surface area contributed by atoms with Crippen LogP contribution in [0, 0.1) is 0 Å². The number of carbonyl (C=O) groups excluding carboxylic acids is 1. The van der Waals surface area contributed by atoms with E-state index in [1.807, 2.05) is 42.9 Å². The number of hydrogen-bond acceptors (Lipinski definition) is 6. The minimum atomic E-state index is -0.355. The average molecular weight is 432 g/mol. The van der Waals surface area contributed by atoms with Gasteiger partial charge in [-0.25, -0.2) is 0 Å². The van der Waals surface area contributed by atoms with Gasteiger partial charge in [0.05, 0.1) is 41.4 Å². The van der Waals surface area contributed by atoms with Crippen molar-refractivity contribution >= 4 is 11.6 Å². The molecule has 0 aliphatic heterocycles. The first-order valence-electron chi connectivity index (χ1n) is 10.6. The summed E-state index contributed by atoms with van der Waals surface area (Å²) in [6.45, 7) is 4.08. The van der Waals surface area contributed by atoms with Crippen molar-refractivity contribution in [3.05, 3.63) is 60.9 Å². The lowest BCUT2D eigenvalue weighted by atomic mass is 9.89. The van der Waals surface area contributed by atoms with Gasteiger partial charge in [-0.05, 0) is 51.0 Å². The summed E-state index contributed by atoms with van der Waals surface area (Å²) in [5, 5.41) is 14.3. The maximum atomic E-state index is 12.9. The number of ether oxygens (including phenoxy) is 1. The predicted octanol–water partition coefficient (Wildman–Crippen LogP) is 4.31. The first kappa shape index (κ1) is 20.2. The molecule has 0 radical (unpaired) electrons. The van der Waals surface area contributed by atoms with Crippen molar-refractivity contribution in [3.63, 3.8) is 0 Å². The SMILES string of the molecule is CC(C)O[C@H]1C[C@@H](n2cc(NC(=O)c3ccc(-c4cn[nH]c4)o3)c(-c3ccccn3)n2)C1. The summed E-state index contributed by atoms with van der Waals surface area (Å²) in [5.41, 5.74) is 2.67. The topological polar surface area (TPSA) is 111 Å². The molecule has 9 nitrogen and oxygen atoms in total. The Morgan fingerprint density at radius 2 is 2.16 bits per heavy atom. The van der Waals surface area contributed by atoms with Crippen LogP contribution in [0.25, 0.3) is 22.7 Å². The van der Waals surface area contributed by atoms with E-state index in [4.69, 9.17) is 14.3 Å². The zero-order chi connectivity index (χ0) is 22.1. The molecule has 164 valence electrons. The second-order valence-electron chi connectivity index (χ2n) is 8.12. The summed E-state index contributed by atoms with van der Waals surface area (Å²) < 4.78 is 13.5. The van der Waals surface area contributed by atoms with Crippen LogP contribution in [-0.2, 0) is 4.74 Å². The zero-order valence-corrected chi connectivity index (χ0v) is 17.9. The first-order chi connectivity index (χ1) is 15.6. The van der Waals surface area contributed by atoms with Crippen molar-refractivity contribution in [2.45, 2.75) is 44.9 Å². The number of hydrogen-bond donors (Lipinski definition) is 2. The van der Waals surface area contributed by atoms with E-state index in [1.165, 1.54) is 0 Å². The smallest absolute Gasteiger partial charge is 0.291 e. The quantitative estimate of drug-likeness (QED) is 0.450. The molecule has 32 heavy (non-hydrogen) atoms. The maximum absolute atomic E-state index is 12.9. The molecule has 0 aromatic carbocycles. The lowest BCUT2D eigenvalue weighted by molar-refractivity contribution is -0.0599. The van der Waals surface area contributed by atoms with Gasteiger partial charge in [0.25, 0.3) is 5.91 Å². The van der Waals surface area contributed by atoms with Gasteiger partial charge in [0.1, 0.15) is 11.5 Å². The number of aromatic nitrogens is 5. The van der Waals surface area contributed by atoms with E-state index in [1.54, 1.807) is 30.7 Å². The fourth-order valence-corrected chi connectivity index (χ4v) is 3.80. The molecule has 2 N–H and O–H groups in total. The number of aromatic amines is 1. The Morgan fingerprint density at radius 1 is 1.28 bits per heavy atom. The number of carbonyl (C=O) groups is 1. The molecule has 1 amide bonds. The monoisotopic (exact) mass is 432 g/mol. The van der Waals surface area contributed by atoms with Crippen molar-refractivity contribution in [2.24, 2.45) is 0 Å². The number of pyridine rings is 1. The molecule has 9 heteroatoms. The van der Waals surface area contributed by atoms with Gasteiger partial charge in [0.2, 0.25) is 0 Å². The van der Waals surface area contributed by atoms with Crippen molar-refractivity contribution in [1.82, 2.24) is 25.0 Å². The molecule has 1 saturated carbocycles. The molecule has 4 aromatic heterocycles. The average Bonchev–Trinajstić information content (AvgIpc) is 3.51. The number of rotatable bonds is 7. The van der Waals surface area contributed by atoms with Gasteiger partial charge < -0.3 is 14.5 Å². The third-order valence-electron chi connectivity index (χ3n) is 5.41. The van der Waals surface area contributed by atoms with E-state index in [-0.39, 0.29) is 29.9 Å². The number of nitrogens with zero attached hydrogens (tertiary/aromatic N) is 4. The minimum Gasteiger partial charge on any atom is -0.451 e. The van der Waals surface area contributed by atoms with Crippen molar-refractivity contribution in [3.8, 4) is 22.7 Å². The number of H-pyrrole nitrogens is 1. The summed E-state index contributed by atoms with van der Waals surface area (Å²) in [6.07, 6.45) is 9.14. The Kier molecular flexibility index (Phi) is 5.32. The molecular formula is C23H24N6O3. The molecule has 0 spiro atoms. The van der Waals surface area contributed by atoms with E-state index in [0.717, 1.165) is 18.4 Å². The number of anilines is 1. The summed E-state index contributed by atoms with van der Waals surface area (Å²) in [7, 11) is 0.